The molecule has 0 aliphatic rings. The Kier molecular flexibility index (Phi) is 4.39. The fourth-order valence-electron chi connectivity index (χ4n) is 1.88. The van der Waals surface area contributed by atoms with Gasteiger partial charge >= 0.3 is 6.18 Å². The van der Waals surface area contributed by atoms with Crippen LogP contribution in [0.1, 0.15) is 29.7 Å². The Morgan fingerprint density at radius 3 is 2.65 bits per heavy atom. The first-order valence-corrected chi connectivity index (χ1v) is 6.26. The van der Waals surface area contributed by atoms with E-state index in [4.69, 9.17) is 0 Å². The number of halogens is 3. The highest BCUT2D eigenvalue weighted by Gasteiger charge is 2.30. The van der Waals surface area contributed by atoms with E-state index in [0.29, 0.717) is 12.1 Å². The molecular weight excluding hydrogens is 265 g/mol. The maximum Gasteiger partial charge on any atom is 0.416 e. The molecule has 0 bridgehead atoms. The number of hydrogen-bond donors (Lipinski definition) is 1. The Morgan fingerprint density at radius 2 is 2.00 bits per heavy atom. The second-order valence-electron chi connectivity index (χ2n) is 4.59. The number of nitrogens with one attached hydrogen (secondary N) is 1. The largest absolute Gasteiger partial charge is 0.416 e. The minimum Gasteiger partial charge on any atom is -0.306 e. The average molecular weight is 280 g/mol. The third-order valence-electron chi connectivity index (χ3n) is 3.05. The van der Waals surface area contributed by atoms with Crippen LogP contribution < -0.4 is 5.32 Å². The molecule has 0 fully saturated rings. The number of pyridine rings is 1. The number of aromatic nitrogens is 1. The molecule has 1 atom stereocenters. The highest BCUT2D eigenvalue weighted by molar-refractivity contribution is 5.25. The molecular formula is C15H15F3N2. The number of nitrogens with zero attached hydrogens (tertiary/aromatic N) is 1. The van der Waals surface area contributed by atoms with Crippen LogP contribution in [0.3, 0.4) is 0 Å². The quantitative estimate of drug-likeness (QED) is 0.917. The summed E-state index contributed by atoms with van der Waals surface area (Å²) in [6.45, 7) is 2.32. The molecule has 5 heteroatoms. The molecule has 0 amide bonds. The van der Waals surface area contributed by atoms with E-state index in [0.717, 1.165) is 11.6 Å². The molecule has 0 aliphatic heterocycles. The maximum absolute atomic E-state index is 12.6. The van der Waals surface area contributed by atoms with Crippen molar-refractivity contribution in [3.8, 4) is 0 Å². The van der Waals surface area contributed by atoms with Gasteiger partial charge in [0, 0.05) is 25.0 Å². The monoisotopic (exact) mass is 280 g/mol. The first kappa shape index (κ1) is 14.5. The van der Waals surface area contributed by atoms with Crippen LogP contribution in [0, 0.1) is 0 Å². The summed E-state index contributed by atoms with van der Waals surface area (Å²) >= 11 is 0. The Hall–Kier alpha value is -1.88. The van der Waals surface area contributed by atoms with Gasteiger partial charge in [-0.25, -0.2) is 0 Å². The molecule has 0 radical (unpaired) electrons. The van der Waals surface area contributed by atoms with Crippen molar-refractivity contribution in [3.63, 3.8) is 0 Å². The molecule has 1 N–H and O–H groups in total. The highest BCUT2D eigenvalue weighted by Crippen LogP contribution is 2.29. The summed E-state index contributed by atoms with van der Waals surface area (Å²) in [6.07, 6.45) is -0.877. The van der Waals surface area contributed by atoms with Gasteiger partial charge in [-0.2, -0.15) is 13.2 Å². The summed E-state index contributed by atoms with van der Waals surface area (Å²) in [5.74, 6) is 0. The fraction of sp³-hybridized carbons (Fsp3) is 0.267. The van der Waals surface area contributed by atoms with Crippen molar-refractivity contribution < 1.29 is 13.2 Å². The Bertz CT molecular complexity index is 553. The van der Waals surface area contributed by atoms with E-state index in [2.05, 4.69) is 10.3 Å². The second kappa shape index (κ2) is 6.05. The molecule has 1 heterocycles. The van der Waals surface area contributed by atoms with Crippen molar-refractivity contribution in [3.05, 3.63) is 65.5 Å². The van der Waals surface area contributed by atoms with E-state index in [1.54, 1.807) is 18.5 Å². The van der Waals surface area contributed by atoms with Crippen molar-refractivity contribution in [2.24, 2.45) is 0 Å². The van der Waals surface area contributed by atoms with Crippen LogP contribution in [0.15, 0.2) is 48.8 Å². The normalized spacial score (nSPS) is 13.2. The molecule has 0 saturated heterocycles. The molecule has 2 nitrogen and oxygen atoms in total. The molecule has 2 rings (SSSR count). The van der Waals surface area contributed by atoms with Gasteiger partial charge in [0.2, 0.25) is 0 Å². The van der Waals surface area contributed by atoms with Crippen molar-refractivity contribution in [1.29, 1.82) is 0 Å². The third kappa shape index (κ3) is 3.81. The minimum atomic E-state index is -4.30. The summed E-state index contributed by atoms with van der Waals surface area (Å²) < 4.78 is 37.8. The summed E-state index contributed by atoms with van der Waals surface area (Å²) in [6, 6.07) is 9.14. The van der Waals surface area contributed by atoms with Gasteiger partial charge < -0.3 is 5.32 Å². The molecule has 106 valence electrons. The molecule has 0 unspecified atom stereocenters. The van der Waals surface area contributed by atoms with Gasteiger partial charge in [-0.3, -0.25) is 4.98 Å². The van der Waals surface area contributed by atoms with Gasteiger partial charge in [-0.1, -0.05) is 24.3 Å². The van der Waals surface area contributed by atoms with E-state index < -0.39 is 11.7 Å². The van der Waals surface area contributed by atoms with Crippen LogP contribution in [0.2, 0.25) is 0 Å². The van der Waals surface area contributed by atoms with Crippen LogP contribution in [-0.4, -0.2) is 4.98 Å². The van der Waals surface area contributed by atoms with Crippen molar-refractivity contribution in [2.75, 3.05) is 0 Å². The van der Waals surface area contributed by atoms with E-state index in [9.17, 15) is 13.2 Å². The van der Waals surface area contributed by atoms with Crippen LogP contribution in [0.5, 0.6) is 0 Å². The zero-order chi connectivity index (χ0) is 14.6. The highest BCUT2D eigenvalue weighted by atomic mass is 19.4. The van der Waals surface area contributed by atoms with E-state index >= 15 is 0 Å². The van der Waals surface area contributed by atoms with E-state index in [1.165, 1.54) is 12.1 Å². The second-order valence-corrected chi connectivity index (χ2v) is 4.59. The summed E-state index contributed by atoms with van der Waals surface area (Å²) in [5.41, 5.74) is 0.987. The van der Waals surface area contributed by atoms with Crippen LogP contribution in [-0.2, 0) is 12.7 Å². The molecule has 0 saturated carbocycles. The van der Waals surface area contributed by atoms with Gasteiger partial charge in [-0.15, -0.1) is 0 Å². The summed E-state index contributed by atoms with van der Waals surface area (Å²) in [5, 5.41) is 3.19. The van der Waals surface area contributed by atoms with Crippen molar-refractivity contribution in [2.45, 2.75) is 25.7 Å². The summed E-state index contributed by atoms with van der Waals surface area (Å²) in [7, 11) is 0. The van der Waals surface area contributed by atoms with Crippen molar-refractivity contribution >= 4 is 0 Å². The lowest BCUT2D eigenvalue weighted by molar-refractivity contribution is -0.137. The lowest BCUT2D eigenvalue weighted by Crippen LogP contribution is -2.18. The molecule has 2 aromatic rings. The smallest absolute Gasteiger partial charge is 0.306 e. The number of benzene rings is 1. The number of rotatable bonds is 4. The van der Waals surface area contributed by atoms with Crippen LogP contribution >= 0.6 is 0 Å². The first-order valence-electron chi connectivity index (χ1n) is 6.26. The van der Waals surface area contributed by atoms with E-state index in [-0.39, 0.29) is 6.04 Å². The predicted molar refractivity (Wildman–Crippen MR) is 70.9 cm³/mol. The van der Waals surface area contributed by atoms with Crippen LogP contribution in [0.4, 0.5) is 13.2 Å². The standard InChI is InChI=1S/C15H15F3N2/c1-11(13-5-3-7-19-10-13)20-9-12-4-2-6-14(8-12)15(16,17)18/h2-8,10-11,20H,9H2,1H3/t11-/m1/s1. The Labute approximate surface area is 115 Å². The molecule has 20 heavy (non-hydrogen) atoms. The molecule has 1 aromatic heterocycles. The van der Waals surface area contributed by atoms with Gasteiger partial charge in [0.25, 0.3) is 0 Å². The molecule has 0 aliphatic carbocycles. The third-order valence-corrected chi connectivity index (χ3v) is 3.05. The minimum absolute atomic E-state index is 0.0262. The Balaban J connectivity index is 2.01. The predicted octanol–water partition coefficient (Wildman–Crippen LogP) is 3.95. The van der Waals surface area contributed by atoms with Crippen LogP contribution in [0.25, 0.3) is 0 Å². The number of alkyl halides is 3. The van der Waals surface area contributed by atoms with Crippen molar-refractivity contribution in [1.82, 2.24) is 10.3 Å². The van der Waals surface area contributed by atoms with Gasteiger partial charge in [-0.05, 0) is 30.2 Å². The molecule has 1 aromatic carbocycles. The van der Waals surface area contributed by atoms with Gasteiger partial charge in [0.1, 0.15) is 0 Å². The lowest BCUT2D eigenvalue weighted by Gasteiger charge is -2.14. The lowest BCUT2D eigenvalue weighted by atomic mass is 10.1. The van der Waals surface area contributed by atoms with E-state index in [1.807, 2.05) is 19.1 Å². The first-order chi connectivity index (χ1) is 9.47. The molecule has 0 spiro atoms. The zero-order valence-electron chi connectivity index (χ0n) is 11.0. The average Bonchev–Trinajstić information content (AvgIpc) is 2.45. The number of hydrogen-bond acceptors (Lipinski definition) is 2. The van der Waals surface area contributed by atoms with Gasteiger partial charge in [0.15, 0.2) is 0 Å². The topological polar surface area (TPSA) is 24.9 Å². The maximum atomic E-state index is 12.6. The zero-order valence-corrected chi connectivity index (χ0v) is 11.0. The summed E-state index contributed by atoms with van der Waals surface area (Å²) in [4.78, 5) is 4.02. The fourth-order valence-corrected chi connectivity index (χ4v) is 1.88. The van der Waals surface area contributed by atoms with Gasteiger partial charge in [0.05, 0.1) is 5.56 Å². The Morgan fingerprint density at radius 1 is 1.20 bits per heavy atom. The SMILES string of the molecule is C[C@@H](NCc1cccc(C(F)(F)F)c1)c1cccnc1.